The SMILES string of the molecule is CCCCCCCCCC/C=C\CCCCCCCCCCCCCCCCCCCCCCCCCCCCCC(=O)OC(CO)COC(=O)CCCCCCCCCCCCCCC/C=C\CCCCCCCCCC. The van der Waals surface area contributed by atoms with Crippen LogP contribution in [-0.2, 0) is 19.1 Å². The van der Waals surface area contributed by atoms with Gasteiger partial charge in [0.25, 0.3) is 0 Å². The molecule has 0 aliphatic heterocycles. The molecule has 462 valence electrons. The van der Waals surface area contributed by atoms with E-state index < -0.39 is 6.10 Å². The van der Waals surface area contributed by atoms with Crippen LogP contribution in [0.15, 0.2) is 24.3 Å². The van der Waals surface area contributed by atoms with Crippen molar-refractivity contribution in [3.05, 3.63) is 24.3 Å². The van der Waals surface area contributed by atoms with Crippen LogP contribution in [0, 0.1) is 0 Å². The summed E-state index contributed by atoms with van der Waals surface area (Å²) >= 11 is 0. The molecule has 0 bridgehead atoms. The van der Waals surface area contributed by atoms with Crippen molar-refractivity contribution in [2.75, 3.05) is 13.2 Å². The van der Waals surface area contributed by atoms with Gasteiger partial charge in [-0.05, 0) is 64.2 Å². The molecule has 0 saturated heterocycles. The van der Waals surface area contributed by atoms with Gasteiger partial charge in [0.15, 0.2) is 6.10 Å². The van der Waals surface area contributed by atoms with Crippen LogP contribution in [0.4, 0.5) is 0 Å². The third kappa shape index (κ3) is 66.9. The molecule has 1 atom stereocenters. The number of allylic oxidation sites excluding steroid dienone is 4. The number of aliphatic hydroxyl groups is 1. The molecule has 78 heavy (non-hydrogen) atoms. The molecular weight excluding hydrogens is 957 g/mol. The van der Waals surface area contributed by atoms with Crippen molar-refractivity contribution in [2.24, 2.45) is 0 Å². The summed E-state index contributed by atoms with van der Waals surface area (Å²) < 4.78 is 10.8. The molecule has 1 unspecified atom stereocenters. The molecule has 0 fully saturated rings. The topological polar surface area (TPSA) is 72.8 Å². The highest BCUT2D eigenvalue weighted by Gasteiger charge is 2.16. The van der Waals surface area contributed by atoms with Crippen LogP contribution in [0.25, 0.3) is 0 Å². The first kappa shape index (κ1) is 76.4. The highest BCUT2D eigenvalue weighted by molar-refractivity contribution is 5.70. The van der Waals surface area contributed by atoms with Gasteiger partial charge in [0.2, 0.25) is 0 Å². The molecule has 0 aromatic carbocycles. The third-order valence-corrected chi connectivity index (χ3v) is 16.7. The van der Waals surface area contributed by atoms with Crippen molar-refractivity contribution in [3.8, 4) is 0 Å². The number of carbonyl (C=O) groups is 2. The summed E-state index contributed by atoms with van der Waals surface area (Å²) in [7, 11) is 0. The Morgan fingerprint density at radius 2 is 0.474 bits per heavy atom. The normalized spacial score (nSPS) is 12.2. The fraction of sp³-hybridized carbons (Fsp3) is 0.918. The van der Waals surface area contributed by atoms with Crippen molar-refractivity contribution >= 4 is 11.9 Å². The van der Waals surface area contributed by atoms with Gasteiger partial charge in [0.1, 0.15) is 6.61 Å². The lowest BCUT2D eigenvalue weighted by Crippen LogP contribution is -2.28. The van der Waals surface area contributed by atoms with E-state index in [4.69, 9.17) is 9.47 Å². The van der Waals surface area contributed by atoms with Crippen LogP contribution in [0.5, 0.6) is 0 Å². The van der Waals surface area contributed by atoms with Gasteiger partial charge in [-0.2, -0.15) is 0 Å². The highest BCUT2D eigenvalue weighted by atomic mass is 16.6. The molecule has 5 nitrogen and oxygen atoms in total. The van der Waals surface area contributed by atoms with Crippen molar-refractivity contribution in [2.45, 2.75) is 418 Å². The largest absolute Gasteiger partial charge is 0.462 e. The van der Waals surface area contributed by atoms with Gasteiger partial charge in [-0.25, -0.2) is 0 Å². The van der Waals surface area contributed by atoms with Crippen LogP contribution < -0.4 is 0 Å². The van der Waals surface area contributed by atoms with Gasteiger partial charge >= 0.3 is 11.9 Å². The zero-order valence-electron chi connectivity index (χ0n) is 53.2. The maximum atomic E-state index is 12.4. The second-order valence-electron chi connectivity index (χ2n) is 24.7. The van der Waals surface area contributed by atoms with E-state index in [9.17, 15) is 14.7 Å². The summed E-state index contributed by atoms with van der Waals surface area (Å²) in [6.45, 7) is 4.21. The first-order valence-corrected chi connectivity index (χ1v) is 35.9. The van der Waals surface area contributed by atoms with Crippen LogP contribution in [-0.4, -0.2) is 36.4 Å². The Hall–Kier alpha value is -1.62. The van der Waals surface area contributed by atoms with Gasteiger partial charge in [-0.1, -0.05) is 359 Å². The predicted molar refractivity (Wildman–Crippen MR) is 344 cm³/mol. The summed E-state index contributed by atoms with van der Waals surface area (Å²) in [5.74, 6) is -0.565. The lowest BCUT2D eigenvalue weighted by molar-refractivity contribution is -0.161. The fourth-order valence-electron chi connectivity index (χ4n) is 11.3. The minimum Gasteiger partial charge on any atom is -0.462 e. The van der Waals surface area contributed by atoms with E-state index >= 15 is 0 Å². The Kier molecular flexibility index (Phi) is 68.2. The van der Waals surface area contributed by atoms with E-state index in [1.807, 2.05) is 0 Å². The Labute approximate surface area is 489 Å². The maximum Gasteiger partial charge on any atom is 0.306 e. The average Bonchev–Trinajstić information content (AvgIpc) is 3.44. The smallest absolute Gasteiger partial charge is 0.306 e. The van der Waals surface area contributed by atoms with E-state index in [0.717, 1.165) is 38.5 Å². The fourth-order valence-corrected chi connectivity index (χ4v) is 11.3. The lowest BCUT2D eigenvalue weighted by Gasteiger charge is -2.15. The first-order valence-electron chi connectivity index (χ1n) is 35.9. The number of hydrogen-bond donors (Lipinski definition) is 1. The summed E-state index contributed by atoms with van der Waals surface area (Å²) in [6, 6.07) is 0. The number of unbranched alkanes of at least 4 members (excludes halogenated alkanes) is 56. The second-order valence-corrected chi connectivity index (χ2v) is 24.7. The van der Waals surface area contributed by atoms with E-state index in [0.29, 0.717) is 12.8 Å². The number of esters is 2. The second kappa shape index (κ2) is 69.6. The lowest BCUT2D eigenvalue weighted by atomic mass is 10.0. The number of rotatable bonds is 68. The molecule has 0 spiro atoms. The van der Waals surface area contributed by atoms with Gasteiger partial charge in [0, 0.05) is 12.8 Å². The highest BCUT2D eigenvalue weighted by Crippen LogP contribution is 2.19. The van der Waals surface area contributed by atoms with Gasteiger partial charge < -0.3 is 14.6 Å². The van der Waals surface area contributed by atoms with Gasteiger partial charge in [0.05, 0.1) is 6.61 Å². The first-order chi connectivity index (χ1) is 38.6. The van der Waals surface area contributed by atoms with Crippen molar-refractivity contribution in [3.63, 3.8) is 0 Å². The summed E-state index contributed by atoms with van der Waals surface area (Å²) in [5.41, 5.74) is 0. The Bertz CT molecular complexity index is 1200. The van der Waals surface area contributed by atoms with Crippen LogP contribution in [0.2, 0.25) is 0 Å². The summed E-state index contributed by atoms with van der Waals surface area (Å²) in [5, 5.41) is 9.70. The molecule has 0 saturated carbocycles. The maximum absolute atomic E-state index is 12.4. The molecule has 0 radical (unpaired) electrons. The standard InChI is InChI=1S/C73H140O5/c1-3-5-7-9-11-13-15-17-19-21-23-25-27-29-30-31-32-33-34-35-36-37-38-39-40-41-42-44-46-48-50-52-54-56-58-60-62-64-66-68-73(76)78-71(69-74)70-77-72(75)67-65-63-61-59-57-55-53-51-49-47-45-43-28-26-24-22-20-18-16-14-12-10-8-6-4-2/h21-24,71,74H,3-20,25-70H2,1-2H3/b23-21-,24-22-. The Morgan fingerprint density at radius 3 is 0.692 bits per heavy atom. The monoisotopic (exact) mass is 1100 g/mol. The van der Waals surface area contributed by atoms with Crippen LogP contribution >= 0.6 is 0 Å². The number of hydrogen-bond acceptors (Lipinski definition) is 5. The summed E-state index contributed by atoms with van der Waals surface area (Å²) in [6.07, 6.45) is 90.9. The molecule has 0 aliphatic rings. The summed E-state index contributed by atoms with van der Waals surface area (Å²) in [4.78, 5) is 24.6. The minimum atomic E-state index is -0.769. The molecule has 0 aromatic heterocycles. The predicted octanol–water partition coefficient (Wildman–Crippen LogP) is 24.8. The van der Waals surface area contributed by atoms with E-state index in [1.165, 1.54) is 347 Å². The molecular formula is C73H140O5. The number of carbonyl (C=O) groups excluding carboxylic acids is 2. The molecule has 0 aliphatic carbocycles. The number of aliphatic hydroxyl groups excluding tert-OH is 1. The molecule has 0 amide bonds. The number of ether oxygens (including phenoxy) is 2. The van der Waals surface area contributed by atoms with Crippen molar-refractivity contribution in [1.82, 2.24) is 0 Å². The molecule has 5 heteroatoms. The van der Waals surface area contributed by atoms with Gasteiger partial charge in [-0.3, -0.25) is 9.59 Å². The minimum absolute atomic E-state index is 0.0588. The van der Waals surface area contributed by atoms with Crippen LogP contribution in [0.3, 0.4) is 0 Å². The zero-order chi connectivity index (χ0) is 56.2. The quantitative estimate of drug-likeness (QED) is 0.0373. The van der Waals surface area contributed by atoms with E-state index in [1.54, 1.807) is 0 Å². The average molecular weight is 1100 g/mol. The zero-order valence-corrected chi connectivity index (χ0v) is 53.2. The van der Waals surface area contributed by atoms with E-state index in [2.05, 4.69) is 38.2 Å². The van der Waals surface area contributed by atoms with Crippen LogP contribution in [0.1, 0.15) is 412 Å². The molecule has 0 aromatic rings. The Balaban J connectivity index is 3.36. The Morgan fingerprint density at radius 1 is 0.282 bits per heavy atom. The van der Waals surface area contributed by atoms with E-state index in [-0.39, 0.29) is 25.2 Å². The molecule has 0 rings (SSSR count). The van der Waals surface area contributed by atoms with Crippen molar-refractivity contribution in [1.29, 1.82) is 0 Å². The van der Waals surface area contributed by atoms with Gasteiger partial charge in [-0.15, -0.1) is 0 Å². The molecule has 0 heterocycles. The van der Waals surface area contributed by atoms with Crippen molar-refractivity contribution < 1.29 is 24.2 Å². The molecule has 1 N–H and O–H groups in total. The third-order valence-electron chi connectivity index (χ3n) is 16.7.